The first-order chi connectivity index (χ1) is 16.5. The lowest BCUT2D eigenvalue weighted by Crippen LogP contribution is -2.68. The maximum atomic E-state index is 13.0. The van der Waals surface area contributed by atoms with Crippen LogP contribution in [0.15, 0.2) is 36.4 Å². The lowest BCUT2D eigenvalue weighted by atomic mass is 9.48. The van der Waals surface area contributed by atoms with Crippen LogP contribution in [0, 0.1) is 11.8 Å². The molecule has 4 unspecified atom stereocenters. The van der Waals surface area contributed by atoms with E-state index in [1.165, 1.54) is 5.56 Å². The summed E-state index contributed by atoms with van der Waals surface area (Å²) >= 11 is 0. The van der Waals surface area contributed by atoms with Crippen molar-refractivity contribution in [3.63, 3.8) is 0 Å². The summed E-state index contributed by atoms with van der Waals surface area (Å²) in [5.41, 5.74) is 3.72. The number of piperidine rings is 2. The van der Waals surface area contributed by atoms with E-state index in [0.29, 0.717) is 53.3 Å². The number of carbonyl (C=O) groups is 1. The molecule has 6 nitrogen and oxygen atoms in total. The van der Waals surface area contributed by atoms with E-state index in [-0.39, 0.29) is 23.8 Å². The molecule has 2 aliphatic heterocycles. The molecule has 1 saturated carbocycles. The first-order valence-corrected chi connectivity index (χ1v) is 12.2. The number of hydrogen-bond donors (Lipinski definition) is 0. The minimum Gasteiger partial charge on any atom is -0.493 e. The van der Waals surface area contributed by atoms with Crippen LogP contribution >= 0.6 is 12.4 Å². The number of methoxy groups -OCH3 is 3. The van der Waals surface area contributed by atoms with Gasteiger partial charge in [-0.05, 0) is 61.9 Å². The van der Waals surface area contributed by atoms with Gasteiger partial charge in [0, 0.05) is 23.4 Å². The molecule has 3 fully saturated rings. The number of esters is 1. The van der Waals surface area contributed by atoms with Crippen molar-refractivity contribution in [2.45, 2.75) is 50.1 Å². The van der Waals surface area contributed by atoms with Crippen molar-refractivity contribution < 1.29 is 23.7 Å². The van der Waals surface area contributed by atoms with Crippen molar-refractivity contribution in [3.8, 4) is 17.2 Å². The second-order valence-electron chi connectivity index (χ2n) is 9.99. The van der Waals surface area contributed by atoms with Gasteiger partial charge in [-0.1, -0.05) is 31.2 Å². The fourth-order valence-electron chi connectivity index (χ4n) is 7.18. The number of fused-ring (bicyclic) bond motifs is 2. The smallest absolute Gasteiger partial charge is 0.338 e. The van der Waals surface area contributed by atoms with Gasteiger partial charge in [0.15, 0.2) is 11.5 Å². The zero-order valence-corrected chi connectivity index (χ0v) is 22.0. The summed E-state index contributed by atoms with van der Waals surface area (Å²) in [6.45, 7) is 2.77. The fourth-order valence-corrected chi connectivity index (χ4v) is 7.18. The average Bonchev–Trinajstić information content (AvgIpc) is 2.88. The molecule has 4 aliphatic rings. The predicted molar refractivity (Wildman–Crippen MR) is 137 cm³/mol. The topological polar surface area (TPSA) is 57.2 Å². The summed E-state index contributed by atoms with van der Waals surface area (Å²) in [4.78, 5) is 15.6. The second-order valence-corrected chi connectivity index (χ2v) is 9.99. The van der Waals surface area contributed by atoms with Crippen LogP contribution in [0.3, 0.4) is 0 Å². The van der Waals surface area contributed by atoms with Gasteiger partial charge in [0.25, 0.3) is 0 Å². The van der Waals surface area contributed by atoms with Crippen LogP contribution < -0.4 is 14.2 Å². The highest BCUT2D eigenvalue weighted by molar-refractivity contribution is 5.91. The fraction of sp³-hybridized carbons (Fsp3) is 0.536. The minimum atomic E-state index is -0.362. The number of halogens is 1. The summed E-state index contributed by atoms with van der Waals surface area (Å²) in [5.74, 6) is 1.92. The lowest BCUT2D eigenvalue weighted by Gasteiger charge is -2.65. The molecule has 35 heavy (non-hydrogen) atoms. The normalized spacial score (nSPS) is 28.5. The van der Waals surface area contributed by atoms with Gasteiger partial charge in [-0.2, -0.15) is 0 Å². The molecule has 2 aromatic rings. The number of hydrogen-bond acceptors (Lipinski definition) is 6. The Bertz CT molecular complexity index is 1070. The van der Waals surface area contributed by atoms with Gasteiger partial charge in [-0.15, -0.1) is 12.4 Å². The summed E-state index contributed by atoms with van der Waals surface area (Å²) in [5, 5.41) is 0. The van der Waals surface area contributed by atoms with Gasteiger partial charge in [0.1, 0.15) is 0 Å². The third-order valence-electron chi connectivity index (χ3n) is 8.84. The molecule has 0 N–H and O–H groups in total. The number of carbonyl (C=O) groups excluding carboxylic acids is 1. The Balaban J connectivity index is 0.00000289. The van der Waals surface area contributed by atoms with E-state index in [4.69, 9.17) is 18.9 Å². The quantitative estimate of drug-likeness (QED) is 0.503. The lowest BCUT2D eigenvalue weighted by molar-refractivity contribution is -0.107. The number of nitrogens with zero attached hydrogens (tertiary/aromatic N) is 1. The van der Waals surface area contributed by atoms with E-state index in [9.17, 15) is 4.79 Å². The van der Waals surface area contributed by atoms with Gasteiger partial charge < -0.3 is 18.9 Å². The van der Waals surface area contributed by atoms with Crippen LogP contribution in [-0.2, 0) is 16.6 Å². The molecule has 2 aliphatic carbocycles. The highest BCUT2D eigenvalue weighted by Crippen LogP contribution is 2.59. The number of ether oxygens (including phenoxy) is 4. The third-order valence-corrected chi connectivity index (χ3v) is 8.84. The van der Waals surface area contributed by atoms with Crippen molar-refractivity contribution in [1.82, 2.24) is 4.90 Å². The van der Waals surface area contributed by atoms with Gasteiger partial charge in [-0.3, -0.25) is 4.90 Å². The number of likely N-dealkylation sites (N-methyl/N-ethyl adjacent to an activating group) is 1. The van der Waals surface area contributed by atoms with Gasteiger partial charge >= 0.3 is 5.97 Å². The van der Waals surface area contributed by atoms with E-state index in [2.05, 4.69) is 43.1 Å². The number of rotatable bonds is 7. The van der Waals surface area contributed by atoms with E-state index in [1.54, 1.807) is 39.0 Å². The van der Waals surface area contributed by atoms with E-state index in [0.717, 1.165) is 25.7 Å². The summed E-state index contributed by atoms with van der Waals surface area (Å²) < 4.78 is 22.0. The predicted octanol–water partition coefficient (Wildman–Crippen LogP) is 4.90. The highest BCUT2D eigenvalue weighted by atomic mass is 35.5. The van der Waals surface area contributed by atoms with Crippen LogP contribution in [0.25, 0.3) is 0 Å². The molecule has 2 aromatic carbocycles. The van der Waals surface area contributed by atoms with Crippen molar-refractivity contribution in [2.24, 2.45) is 11.8 Å². The molecule has 190 valence electrons. The zero-order chi connectivity index (χ0) is 24.0. The average molecular weight is 502 g/mol. The maximum absolute atomic E-state index is 13.0. The van der Waals surface area contributed by atoms with Crippen molar-refractivity contribution >= 4 is 18.4 Å². The minimum absolute atomic E-state index is 0. The third kappa shape index (κ3) is 3.95. The highest BCUT2D eigenvalue weighted by Gasteiger charge is 2.59. The van der Waals surface area contributed by atoms with Crippen molar-refractivity contribution in [1.29, 1.82) is 0 Å². The Labute approximate surface area is 214 Å². The largest absolute Gasteiger partial charge is 0.493 e. The monoisotopic (exact) mass is 501 g/mol. The summed E-state index contributed by atoms with van der Waals surface area (Å²) in [6.07, 6.45) is 4.51. The zero-order valence-electron chi connectivity index (χ0n) is 21.2. The molecule has 0 radical (unpaired) electrons. The molecular formula is C28H36ClNO5. The van der Waals surface area contributed by atoms with E-state index in [1.807, 2.05) is 0 Å². The first-order valence-electron chi connectivity index (χ1n) is 12.2. The molecule has 4 bridgehead atoms. The summed E-state index contributed by atoms with van der Waals surface area (Å²) in [6, 6.07) is 13.3. The molecule has 0 spiro atoms. The molecule has 0 aromatic heterocycles. The van der Waals surface area contributed by atoms with Crippen LogP contribution in [-0.4, -0.2) is 57.9 Å². The Kier molecular flexibility index (Phi) is 7.26. The Hall–Kier alpha value is -2.44. The SMILES string of the molecule is CC[C@@]12CC3C(COC(=O)c4cc(OC)c(OC)c(OC)c4)CC1C(Cc1ccccc12)N3C.Cl. The second kappa shape index (κ2) is 9.90. The van der Waals surface area contributed by atoms with Gasteiger partial charge in [0.05, 0.1) is 33.5 Å². The van der Waals surface area contributed by atoms with Crippen molar-refractivity contribution in [3.05, 3.63) is 53.1 Å². The van der Waals surface area contributed by atoms with Crippen LogP contribution in [0.5, 0.6) is 17.2 Å². The van der Waals surface area contributed by atoms with Gasteiger partial charge in [-0.25, -0.2) is 4.79 Å². The molecule has 0 amide bonds. The van der Waals surface area contributed by atoms with Crippen LogP contribution in [0.1, 0.15) is 47.7 Å². The Morgan fingerprint density at radius 2 is 1.74 bits per heavy atom. The molecule has 2 heterocycles. The van der Waals surface area contributed by atoms with E-state index < -0.39 is 0 Å². The molecule has 7 heteroatoms. The molecule has 6 rings (SSSR count). The molecule has 5 atom stereocenters. The Morgan fingerprint density at radius 1 is 1.06 bits per heavy atom. The summed E-state index contributed by atoms with van der Waals surface area (Å²) in [7, 11) is 6.89. The molecule has 2 saturated heterocycles. The van der Waals surface area contributed by atoms with Gasteiger partial charge in [0.2, 0.25) is 5.75 Å². The Morgan fingerprint density at radius 3 is 2.37 bits per heavy atom. The van der Waals surface area contributed by atoms with Crippen LogP contribution in [0.2, 0.25) is 0 Å². The van der Waals surface area contributed by atoms with Crippen molar-refractivity contribution in [2.75, 3.05) is 35.0 Å². The standard InChI is InChI=1S/C28H35NO5.ClH/c1-6-28-15-23-19(11-21(28)22(29(23)2)12-17-9-7-8-10-20(17)28)16-34-27(30)18-13-24(31-3)26(33-5)25(14-18)32-4;/h7-10,13-14,19,21-23H,6,11-12,15-16H2,1-5H3;1H/t19?,21?,22?,23?,28-;/m0./s1. The molecular weight excluding hydrogens is 466 g/mol. The first kappa shape index (κ1) is 25.6. The maximum Gasteiger partial charge on any atom is 0.338 e. The number of benzene rings is 2. The van der Waals surface area contributed by atoms with E-state index >= 15 is 0 Å². The van der Waals surface area contributed by atoms with Crippen LogP contribution in [0.4, 0.5) is 0 Å².